The van der Waals surface area contributed by atoms with Crippen molar-refractivity contribution < 1.29 is 37.1 Å². The number of benzene rings is 1. The first-order valence-electron chi connectivity index (χ1n) is 12.2. The van der Waals surface area contributed by atoms with E-state index in [1.807, 2.05) is 0 Å². The molecule has 3 fully saturated rings. The van der Waals surface area contributed by atoms with Crippen molar-refractivity contribution in [2.45, 2.75) is 37.3 Å². The maximum Gasteiger partial charge on any atom is 0.373 e. The normalized spacial score (nSPS) is 25.5. The molecule has 2 radical (unpaired) electrons. The number of anilines is 2. The number of nitrogens with zero attached hydrogens (tertiary/aromatic N) is 3. The summed E-state index contributed by atoms with van der Waals surface area (Å²) in [6, 6.07) is 2.37. The molecule has 0 aliphatic carbocycles. The van der Waals surface area contributed by atoms with E-state index in [4.69, 9.17) is 7.85 Å². The van der Waals surface area contributed by atoms with Crippen LogP contribution < -0.4 is 21.2 Å². The van der Waals surface area contributed by atoms with E-state index < -0.39 is 49.4 Å². The van der Waals surface area contributed by atoms with Gasteiger partial charge in [0.25, 0.3) is 11.8 Å². The number of piperidine rings is 2. The van der Waals surface area contributed by atoms with E-state index in [1.165, 1.54) is 24.1 Å². The molecule has 4 rings (SSSR count). The van der Waals surface area contributed by atoms with Crippen LogP contribution in [0.3, 0.4) is 0 Å². The van der Waals surface area contributed by atoms with E-state index >= 15 is 0 Å². The number of hydroxylamine groups is 1. The Morgan fingerprint density at radius 2 is 2.00 bits per heavy atom. The molecule has 2 atom stereocenters. The minimum Gasteiger partial charge on any atom is -0.378 e. The van der Waals surface area contributed by atoms with Gasteiger partial charge in [-0.1, -0.05) is 11.5 Å². The van der Waals surface area contributed by atoms with Crippen molar-refractivity contribution in [3.05, 3.63) is 17.7 Å². The number of halogens is 4. The first-order chi connectivity index (χ1) is 17.3. The number of morpholine rings is 1. The fourth-order valence-electron chi connectivity index (χ4n) is 5.09. The summed E-state index contributed by atoms with van der Waals surface area (Å²) in [6.45, 7) is -1.03. The Morgan fingerprint density at radius 3 is 2.68 bits per heavy atom. The predicted molar refractivity (Wildman–Crippen MR) is 128 cm³/mol. The lowest BCUT2D eigenvalue weighted by molar-refractivity contribution is -0.263. The zero-order chi connectivity index (χ0) is 27.0. The van der Waals surface area contributed by atoms with Gasteiger partial charge in [0.05, 0.1) is 36.0 Å². The molecule has 0 unspecified atom stereocenters. The summed E-state index contributed by atoms with van der Waals surface area (Å²) in [6.07, 6.45) is -2.84. The first-order valence-corrected chi connectivity index (χ1v) is 12.2. The topological polar surface area (TPSA) is 97.4 Å². The number of rotatable bonds is 5. The highest BCUT2D eigenvalue weighted by atomic mass is 19.3. The smallest absolute Gasteiger partial charge is 0.373 e. The number of carbonyl (C=O) groups excluding carboxylic acids is 2. The van der Waals surface area contributed by atoms with Crippen molar-refractivity contribution in [1.29, 1.82) is 0 Å². The molecule has 9 nitrogen and oxygen atoms in total. The van der Waals surface area contributed by atoms with Gasteiger partial charge < -0.3 is 25.2 Å². The molecule has 2 amide bonds. The molecule has 1 aromatic carbocycles. The maximum absolute atomic E-state index is 13.8. The standard InChI is InChI=1S/C23H30BF4N5O4/c1-31(36)18-8-15(24)7-17(21(35)33-5-6-37-23(27,28)13-33)19(18)30-16-3-2-4-32(11-16)20(34)14-9-22(25,26)12-29-10-14/h7-8,14,16,29-30,36H,2-6,9-13H2,1H3/t14-,16-/m1/s1. The third kappa shape index (κ3) is 6.47. The lowest BCUT2D eigenvalue weighted by Gasteiger charge is -2.38. The molecule has 0 spiro atoms. The van der Waals surface area contributed by atoms with E-state index in [0.29, 0.717) is 19.4 Å². The molecule has 0 aromatic heterocycles. The minimum absolute atomic E-state index is 0.0202. The zero-order valence-corrected chi connectivity index (χ0v) is 20.5. The van der Waals surface area contributed by atoms with Crippen LogP contribution >= 0.6 is 0 Å². The summed E-state index contributed by atoms with van der Waals surface area (Å²) in [5.74, 6) is -4.90. The van der Waals surface area contributed by atoms with Gasteiger partial charge >= 0.3 is 6.11 Å². The second-order valence-corrected chi connectivity index (χ2v) is 9.85. The molecule has 202 valence electrons. The second-order valence-electron chi connectivity index (χ2n) is 9.85. The maximum atomic E-state index is 13.8. The van der Waals surface area contributed by atoms with E-state index in [-0.39, 0.29) is 54.5 Å². The predicted octanol–water partition coefficient (Wildman–Crippen LogP) is 1.02. The number of likely N-dealkylation sites (tertiary alicyclic amines) is 1. The Balaban J connectivity index is 1.56. The summed E-state index contributed by atoms with van der Waals surface area (Å²) < 4.78 is 59.7. The van der Waals surface area contributed by atoms with E-state index in [2.05, 4.69) is 15.4 Å². The number of carbonyl (C=O) groups is 2. The third-order valence-electron chi connectivity index (χ3n) is 6.81. The summed E-state index contributed by atoms with van der Waals surface area (Å²) >= 11 is 0. The number of hydrogen-bond donors (Lipinski definition) is 3. The van der Waals surface area contributed by atoms with Gasteiger partial charge in [0.2, 0.25) is 5.91 Å². The lowest BCUT2D eigenvalue weighted by atomic mass is 9.91. The van der Waals surface area contributed by atoms with E-state index in [0.717, 1.165) is 9.96 Å². The van der Waals surface area contributed by atoms with Gasteiger partial charge in [-0.3, -0.25) is 19.9 Å². The Morgan fingerprint density at radius 1 is 1.24 bits per heavy atom. The highest BCUT2D eigenvalue weighted by Gasteiger charge is 2.42. The Kier molecular flexibility index (Phi) is 7.91. The Labute approximate surface area is 213 Å². The van der Waals surface area contributed by atoms with Crippen molar-refractivity contribution in [2.75, 3.05) is 63.3 Å². The second kappa shape index (κ2) is 10.7. The van der Waals surface area contributed by atoms with Gasteiger partial charge in [-0.05, 0) is 18.9 Å². The van der Waals surface area contributed by atoms with Crippen LogP contribution in [0.25, 0.3) is 0 Å². The lowest BCUT2D eigenvalue weighted by Crippen LogP contribution is -2.53. The number of ether oxygens (including phenoxy) is 1. The number of amides is 2. The van der Waals surface area contributed by atoms with Crippen molar-refractivity contribution in [1.82, 2.24) is 15.1 Å². The largest absolute Gasteiger partial charge is 0.378 e. The molecular formula is C23H30BF4N5O4. The van der Waals surface area contributed by atoms with Gasteiger partial charge in [0, 0.05) is 45.7 Å². The van der Waals surface area contributed by atoms with E-state index in [9.17, 15) is 32.4 Å². The highest BCUT2D eigenvalue weighted by Crippen LogP contribution is 2.33. The van der Waals surface area contributed by atoms with Crippen LogP contribution in [0.5, 0.6) is 0 Å². The van der Waals surface area contributed by atoms with Gasteiger partial charge in [0.15, 0.2) is 0 Å². The molecule has 3 heterocycles. The summed E-state index contributed by atoms with van der Waals surface area (Å²) in [5.41, 5.74) is 0.427. The van der Waals surface area contributed by atoms with Crippen LogP contribution in [0.15, 0.2) is 12.1 Å². The summed E-state index contributed by atoms with van der Waals surface area (Å²) in [5, 5.41) is 16.8. The summed E-state index contributed by atoms with van der Waals surface area (Å²) in [7, 11) is 7.28. The molecule has 0 bridgehead atoms. The van der Waals surface area contributed by atoms with Gasteiger partial charge in [-0.15, -0.1) is 0 Å². The molecule has 0 saturated carbocycles. The molecule has 3 saturated heterocycles. The van der Waals surface area contributed by atoms with Crippen molar-refractivity contribution in [3.63, 3.8) is 0 Å². The first kappa shape index (κ1) is 27.5. The van der Waals surface area contributed by atoms with Gasteiger partial charge in [-0.2, -0.15) is 8.78 Å². The van der Waals surface area contributed by atoms with Gasteiger partial charge in [0.1, 0.15) is 14.4 Å². The Hall–Kier alpha value is -2.58. The van der Waals surface area contributed by atoms with Gasteiger partial charge in [-0.25, -0.2) is 8.78 Å². The Bertz CT molecular complexity index is 1030. The average Bonchev–Trinajstić information content (AvgIpc) is 2.82. The van der Waals surface area contributed by atoms with Crippen molar-refractivity contribution >= 4 is 36.5 Å². The van der Waals surface area contributed by atoms with Crippen LogP contribution in [-0.2, 0) is 9.53 Å². The van der Waals surface area contributed by atoms with Crippen molar-refractivity contribution in [3.8, 4) is 0 Å². The van der Waals surface area contributed by atoms with Crippen LogP contribution in [0.1, 0.15) is 29.6 Å². The average molecular weight is 527 g/mol. The molecule has 1 aromatic rings. The SMILES string of the molecule is [B]c1cc(C(=O)N2CCOC(F)(F)C2)c(N[C@@H]2CCCN(C(=O)[C@H]3CNCC(F)(F)C3)C2)c(N(C)O)c1. The fourth-order valence-corrected chi connectivity index (χ4v) is 5.09. The van der Waals surface area contributed by atoms with Crippen LogP contribution in [0, 0.1) is 5.92 Å². The molecule has 37 heavy (non-hydrogen) atoms. The quantitative estimate of drug-likeness (QED) is 0.299. The minimum atomic E-state index is -3.49. The molecule has 3 aliphatic rings. The number of hydrogen-bond acceptors (Lipinski definition) is 7. The molecule has 14 heteroatoms. The van der Waals surface area contributed by atoms with Crippen LogP contribution in [0.2, 0.25) is 0 Å². The van der Waals surface area contributed by atoms with E-state index in [1.54, 1.807) is 0 Å². The summed E-state index contributed by atoms with van der Waals surface area (Å²) in [4.78, 5) is 28.8. The zero-order valence-electron chi connectivity index (χ0n) is 20.5. The fraction of sp³-hybridized carbons (Fsp3) is 0.652. The van der Waals surface area contributed by atoms with Crippen molar-refractivity contribution in [2.24, 2.45) is 5.92 Å². The van der Waals surface area contributed by atoms with Crippen LogP contribution in [-0.4, -0.2) is 106 Å². The van der Waals surface area contributed by atoms with Crippen LogP contribution in [0.4, 0.5) is 28.9 Å². The third-order valence-corrected chi connectivity index (χ3v) is 6.81. The number of alkyl halides is 4. The highest BCUT2D eigenvalue weighted by molar-refractivity contribution is 6.33. The molecule has 3 aliphatic heterocycles. The molecule has 3 N–H and O–H groups in total. The number of nitrogens with one attached hydrogen (secondary N) is 2. The molecular weight excluding hydrogens is 497 g/mol. The monoisotopic (exact) mass is 527 g/mol.